The standard InChI is InChI=1S/C13H14F2O2/c14-12(15)11-3-1-2-10(11)8-4-6-9(7-5-8)13(16)17/h4-7,10-12H,1-3H2,(H,16,17). The molecule has 92 valence electrons. The molecule has 4 heteroatoms. The summed E-state index contributed by atoms with van der Waals surface area (Å²) in [5, 5.41) is 8.76. The number of alkyl halides is 2. The first-order valence-electron chi connectivity index (χ1n) is 5.71. The second-order valence-electron chi connectivity index (χ2n) is 4.46. The van der Waals surface area contributed by atoms with E-state index >= 15 is 0 Å². The monoisotopic (exact) mass is 240 g/mol. The highest BCUT2D eigenvalue weighted by molar-refractivity contribution is 5.87. The van der Waals surface area contributed by atoms with Crippen LogP contribution in [0.25, 0.3) is 0 Å². The topological polar surface area (TPSA) is 37.3 Å². The summed E-state index contributed by atoms with van der Waals surface area (Å²) >= 11 is 0. The van der Waals surface area contributed by atoms with Crippen molar-refractivity contribution in [3.05, 3.63) is 35.4 Å². The number of carboxylic acid groups (broad SMARTS) is 1. The van der Waals surface area contributed by atoms with Gasteiger partial charge in [0.15, 0.2) is 0 Å². The van der Waals surface area contributed by atoms with Gasteiger partial charge in [0, 0.05) is 5.92 Å². The minimum atomic E-state index is -2.29. The molecule has 0 spiro atoms. The molecule has 1 aromatic carbocycles. The first-order chi connectivity index (χ1) is 8.09. The van der Waals surface area contributed by atoms with Crippen molar-refractivity contribution >= 4 is 5.97 Å². The first-order valence-corrected chi connectivity index (χ1v) is 5.71. The van der Waals surface area contributed by atoms with Crippen LogP contribution in [-0.2, 0) is 0 Å². The third-order valence-electron chi connectivity index (χ3n) is 3.48. The first kappa shape index (κ1) is 12.0. The van der Waals surface area contributed by atoms with Crippen molar-refractivity contribution in [2.45, 2.75) is 31.6 Å². The summed E-state index contributed by atoms with van der Waals surface area (Å²) in [6, 6.07) is 6.29. The normalized spacial score (nSPS) is 24.2. The van der Waals surface area contributed by atoms with Crippen LogP contribution in [0.5, 0.6) is 0 Å². The van der Waals surface area contributed by atoms with Crippen molar-refractivity contribution in [2.24, 2.45) is 5.92 Å². The van der Waals surface area contributed by atoms with Crippen molar-refractivity contribution in [1.82, 2.24) is 0 Å². The largest absolute Gasteiger partial charge is 0.478 e. The lowest BCUT2D eigenvalue weighted by Gasteiger charge is -2.19. The van der Waals surface area contributed by atoms with Gasteiger partial charge in [0.05, 0.1) is 5.56 Å². The van der Waals surface area contributed by atoms with E-state index < -0.39 is 18.3 Å². The fraction of sp³-hybridized carbons (Fsp3) is 0.462. The van der Waals surface area contributed by atoms with Crippen LogP contribution in [0.4, 0.5) is 8.78 Å². The van der Waals surface area contributed by atoms with Crippen LogP contribution in [-0.4, -0.2) is 17.5 Å². The van der Waals surface area contributed by atoms with Crippen LogP contribution in [0, 0.1) is 5.92 Å². The SMILES string of the molecule is O=C(O)c1ccc(C2CCCC2C(F)F)cc1. The lowest BCUT2D eigenvalue weighted by Crippen LogP contribution is -2.15. The smallest absolute Gasteiger partial charge is 0.335 e. The van der Waals surface area contributed by atoms with Crippen LogP contribution < -0.4 is 0 Å². The maximum atomic E-state index is 12.8. The Bertz CT molecular complexity index is 400. The molecule has 2 rings (SSSR count). The fourth-order valence-electron chi connectivity index (χ4n) is 2.58. The molecule has 0 radical (unpaired) electrons. The summed E-state index contributed by atoms with van der Waals surface area (Å²) < 4.78 is 25.6. The number of carbonyl (C=O) groups is 1. The van der Waals surface area contributed by atoms with E-state index in [4.69, 9.17) is 5.11 Å². The Kier molecular flexibility index (Phi) is 3.41. The highest BCUT2D eigenvalue weighted by atomic mass is 19.3. The molecule has 0 heterocycles. The van der Waals surface area contributed by atoms with Crippen molar-refractivity contribution < 1.29 is 18.7 Å². The van der Waals surface area contributed by atoms with Gasteiger partial charge in [0.2, 0.25) is 6.43 Å². The number of hydrogen-bond acceptors (Lipinski definition) is 1. The molecule has 2 unspecified atom stereocenters. The fourth-order valence-corrected chi connectivity index (χ4v) is 2.58. The van der Waals surface area contributed by atoms with E-state index in [0.717, 1.165) is 18.4 Å². The molecule has 0 aromatic heterocycles. The van der Waals surface area contributed by atoms with Gasteiger partial charge >= 0.3 is 5.97 Å². The van der Waals surface area contributed by atoms with Crippen molar-refractivity contribution in [3.63, 3.8) is 0 Å². The van der Waals surface area contributed by atoms with Gasteiger partial charge in [0.25, 0.3) is 0 Å². The Hall–Kier alpha value is -1.45. The number of carboxylic acids is 1. The molecule has 2 atom stereocenters. The molecule has 1 aromatic rings. The van der Waals surface area contributed by atoms with E-state index in [1.807, 2.05) is 0 Å². The zero-order valence-corrected chi connectivity index (χ0v) is 9.27. The molecule has 0 aliphatic heterocycles. The number of hydrogen-bond donors (Lipinski definition) is 1. The minimum Gasteiger partial charge on any atom is -0.478 e. The van der Waals surface area contributed by atoms with Gasteiger partial charge in [-0.25, -0.2) is 13.6 Å². The van der Waals surface area contributed by atoms with E-state index in [-0.39, 0.29) is 11.5 Å². The summed E-state index contributed by atoms with van der Waals surface area (Å²) in [5.74, 6) is -1.70. The highest BCUT2D eigenvalue weighted by Crippen LogP contribution is 2.42. The molecule has 17 heavy (non-hydrogen) atoms. The van der Waals surface area contributed by atoms with Crippen molar-refractivity contribution in [3.8, 4) is 0 Å². The van der Waals surface area contributed by atoms with Gasteiger partial charge in [-0.15, -0.1) is 0 Å². The minimum absolute atomic E-state index is 0.127. The average molecular weight is 240 g/mol. The van der Waals surface area contributed by atoms with E-state index in [0.29, 0.717) is 6.42 Å². The lowest BCUT2D eigenvalue weighted by molar-refractivity contribution is 0.0691. The highest BCUT2D eigenvalue weighted by Gasteiger charge is 2.34. The summed E-state index contributed by atoms with van der Waals surface area (Å²) in [6.07, 6.45) is -0.146. The Morgan fingerprint density at radius 2 is 1.88 bits per heavy atom. The molecular formula is C13H14F2O2. The summed E-state index contributed by atoms with van der Waals surface area (Å²) in [6.45, 7) is 0. The summed E-state index contributed by atoms with van der Waals surface area (Å²) in [5.41, 5.74) is 1.03. The third-order valence-corrected chi connectivity index (χ3v) is 3.48. The van der Waals surface area contributed by atoms with Gasteiger partial charge in [-0.1, -0.05) is 18.6 Å². The van der Waals surface area contributed by atoms with Gasteiger partial charge < -0.3 is 5.11 Å². The van der Waals surface area contributed by atoms with Crippen molar-refractivity contribution in [2.75, 3.05) is 0 Å². The molecule has 1 aliphatic carbocycles. The summed E-state index contributed by atoms with van der Waals surface area (Å²) in [7, 11) is 0. The number of halogens is 2. The van der Waals surface area contributed by atoms with Crippen LogP contribution in [0.15, 0.2) is 24.3 Å². The van der Waals surface area contributed by atoms with Gasteiger partial charge in [-0.05, 0) is 36.5 Å². The number of rotatable bonds is 3. The summed E-state index contributed by atoms with van der Waals surface area (Å²) in [4.78, 5) is 10.7. The predicted molar refractivity (Wildman–Crippen MR) is 59.5 cm³/mol. The van der Waals surface area contributed by atoms with Gasteiger partial charge in [-0.2, -0.15) is 0 Å². The molecule has 1 N–H and O–H groups in total. The molecule has 2 nitrogen and oxygen atoms in total. The second kappa shape index (κ2) is 4.82. The van der Waals surface area contributed by atoms with Crippen molar-refractivity contribution in [1.29, 1.82) is 0 Å². The lowest BCUT2D eigenvalue weighted by atomic mass is 9.89. The molecule has 1 saturated carbocycles. The van der Waals surface area contributed by atoms with E-state index in [2.05, 4.69) is 0 Å². The zero-order chi connectivity index (χ0) is 12.4. The third kappa shape index (κ3) is 2.46. The Balaban J connectivity index is 2.19. The number of aromatic carboxylic acids is 1. The maximum absolute atomic E-state index is 12.8. The molecule has 0 bridgehead atoms. The van der Waals surface area contributed by atoms with Gasteiger partial charge in [0.1, 0.15) is 0 Å². The van der Waals surface area contributed by atoms with E-state index in [9.17, 15) is 13.6 Å². The second-order valence-corrected chi connectivity index (χ2v) is 4.46. The Labute approximate surface area is 98.3 Å². The Morgan fingerprint density at radius 1 is 1.24 bits per heavy atom. The molecule has 0 amide bonds. The Morgan fingerprint density at radius 3 is 2.41 bits per heavy atom. The number of benzene rings is 1. The van der Waals surface area contributed by atoms with Gasteiger partial charge in [-0.3, -0.25) is 0 Å². The van der Waals surface area contributed by atoms with Crippen LogP contribution in [0.1, 0.15) is 41.1 Å². The molecule has 0 saturated heterocycles. The van der Waals surface area contributed by atoms with Crippen LogP contribution in [0.2, 0.25) is 0 Å². The maximum Gasteiger partial charge on any atom is 0.335 e. The van der Waals surface area contributed by atoms with E-state index in [1.165, 1.54) is 12.1 Å². The van der Waals surface area contributed by atoms with Crippen LogP contribution in [0.3, 0.4) is 0 Å². The zero-order valence-electron chi connectivity index (χ0n) is 9.27. The molecule has 1 fully saturated rings. The van der Waals surface area contributed by atoms with Crippen LogP contribution >= 0.6 is 0 Å². The average Bonchev–Trinajstić information content (AvgIpc) is 2.78. The predicted octanol–water partition coefficient (Wildman–Crippen LogP) is 3.53. The van der Waals surface area contributed by atoms with E-state index in [1.54, 1.807) is 12.1 Å². The molecular weight excluding hydrogens is 226 g/mol. The quantitative estimate of drug-likeness (QED) is 0.877. The molecule has 1 aliphatic rings.